The van der Waals surface area contributed by atoms with Gasteiger partial charge < -0.3 is 4.74 Å². The molecule has 2 nitrogen and oxygen atoms in total. The Hall–Kier alpha value is -1.75. The quantitative estimate of drug-likeness (QED) is 0.283. The average molecular weight is 260 g/mol. The minimum atomic E-state index is -0.129. The molecule has 0 rings (SSSR count). The predicted molar refractivity (Wildman–Crippen MR) is 80.6 cm³/mol. The number of methoxy groups -OCH3 is 1. The molecule has 0 bridgehead atoms. The van der Waals surface area contributed by atoms with Crippen LogP contribution in [0.4, 0.5) is 0 Å². The second kappa shape index (κ2) is 14.3. The third-order valence-electron chi connectivity index (χ3n) is 2.40. The van der Waals surface area contributed by atoms with E-state index >= 15 is 0 Å². The number of hydrogen-bond donors (Lipinski definition) is 0. The molecule has 0 aromatic rings. The molecule has 0 aromatic carbocycles. The van der Waals surface area contributed by atoms with Crippen LogP contribution in [0.5, 0.6) is 0 Å². The van der Waals surface area contributed by atoms with Gasteiger partial charge in [0.1, 0.15) is 0 Å². The summed E-state index contributed by atoms with van der Waals surface area (Å²) < 4.78 is 4.57. The molecule has 0 radical (unpaired) electrons. The van der Waals surface area contributed by atoms with Crippen LogP contribution in [0.3, 0.4) is 0 Å². The SMILES string of the molecule is CCCC=CC#CC=CC=CCCCCC(=O)OC. The lowest BCUT2D eigenvalue weighted by molar-refractivity contribution is -0.140. The highest BCUT2D eigenvalue weighted by Crippen LogP contribution is 2.01. The maximum Gasteiger partial charge on any atom is 0.305 e. The van der Waals surface area contributed by atoms with E-state index < -0.39 is 0 Å². The number of allylic oxidation sites excluding steroid dienone is 6. The van der Waals surface area contributed by atoms with Crippen molar-refractivity contribution in [3.05, 3.63) is 36.5 Å². The summed E-state index contributed by atoms with van der Waals surface area (Å²) in [6, 6.07) is 0. The number of carbonyl (C=O) groups is 1. The number of esters is 1. The van der Waals surface area contributed by atoms with E-state index in [9.17, 15) is 4.79 Å². The van der Waals surface area contributed by atoms with Crippen molar-refractivity contribution >= 4 is 5.97 Å². The van der Waals surface area contributed by atoms with Crippen LogP contribution in [0.1, 0.15) is 45.4 Å². The normalized spacial score (nSPS) is 11.1. The van der Waals surface area contributed by atoms with E-state index in [1.54, 1.807) is 0 Å². The zero-order valence-electron chi connectivity index (χ0n) is 12.0. The third-order valence-corrected chi connectivity index (χ3v) is 2.40. The van der Waals surface area contributed by atoms with Crippen molar-refractivity contribution in [3.8, 4) is 11.8 Å². The number of rotatable bonds is 8. The highest BCUT2D eigenvalue weighted by atomic mass is 16.5. The summed E-state index contributed by atoms with van der Waals surface area (Å²) in [6.45, 7) is 2.15. The summed E-state index contributed by atoms with van der Waals surface area (Å²) >= 11 is 0. The van der Waals surface area contributed by atoms with E-state index in [1.165, 1.54) is 7.11 Å². The van der Waals surface area contributed by atoms with Crippen LogP contribution in [0.25, 0.3) is 0 Å². The van der Waals surface area contributed by atoms with E-state index in [0.29, 0.717) is 6.42 Å². The number of ether oxygens (including phenoxy) is 1. The zero-order chi connectivity index (χ0) is 14.2. The van der Waals surface area contributed by atoms with Crippen molar-refractivity contribution < 1.29 is 9.53 Å². The second-order valence-electron chi connectivity index (χ2n) is 4.09. The highest BCUT2D eigenvalue weighted by Gasteiger charge is 1.97. The Balaban J connectivity index is 3.54. The van der Waals surface area contributed by atoms with Crippen molar-refractivity contribution in [2.75, 3.05) is 7.11 Å². The fourth-order valence-electron chi connectivity index (χ4n) is 1.32. The molecule has 0 unspecified atom stereocenters. The fraction of sp³-hybridized carbons (Fsp3) is 0.471. The molecule has 19 heavy (non-hydrogen) atoms. The molecule has 0 spiro atoms. The van der Waals surface area contributed by atoms with E-state index in [1.807, 2.05) is 24.3 Å². The van der Waals surface area contributed by atoms with Crippen molar-refractivity contribution in [2.24, 2.45) is 0 Å². The molecule has 2 heteroatoms. The molecule has 0 saturated carbocycles. The first-order valence-electron chi connectivity index (χ1n) is 6.85. The Bertz CT molecular complexity index is 364. The van der Waals surface area contributed by atoms with Gasteiger partial charge in [-0.3, -0.25) is 4.79 Å². The molecule has 0 fully saturated rings. The Morgan fingerprint density at radius 3 is 2.58 bits per heavy atom. The van der Waals surface area contributed by atoms with Crippen LogP contribution in [0.15, 0.2) is 36.5 Å². The van der Waals surface area contributed by atoms with Gasteiger partial charge in [0, 0.05) is 6.42 Å². The summed E-state index contributed by atoms with van der Waals surface area (Å²) in [5, 5.41) is 0. The van der Waals surface area contributed by atoms with E-state index in [4.69, 9.17) is 0 Å². The zero-order valence-corrected chi connectivity index (χ0v) is 12.0. The van der Waals surface area contributed by atoms with Crippen LogP contribution in [-0.4, -0.2) is 13.1 Å². The molecular formula is C17H24O2. The Kier molecular flexibility index (Phi) is 13.0. The average Bonchev–Trinajstić information content (AvgIpc) is 2.43. The Morgan fingerprint density at radius 2 is 1.84 bits per heavy atom. The van der Waals surface area contributed by atoms with Gasteiger partial charge >= 0.3 is 5.97 Å². The standard InChI is InChI=1S/C17H24O2/c1-3-4-5-6-7-8-9-10-11-12-13-14-15-16-17(18)19-2/h5-6,9-12H,3-4,13-16H2,1-2H3. The summed E-state index contributed by atoms with van der Waals surface area (Å²) in [4.78, 5) is 10.8. The van der Waals surface area contributed by atoms with Crippen molar-refractivity contribution in [1.29, 1.82) is 0 Å². The summed E-state index contributed by atoms with van der Waals surface area (Å²) in [7, 11) is 1.42. The number of carbonyl (C=O) groups excluding carboxylic acids is 1. The predicted octanol–water partition coefficient (Wildman–Crippen LogP) is 4.19. The minimum absolute atomic E-state index is 0.129. The van der Waals surface area contributed by atoms with Crippen molar-refractivity contribution in [2.45, 2.75) is 45.4 Å². The molecule has 0 aliphatic rings. The van der Waals surface area contributed by atoms with Crippen LogP contribution in [-0.2, 0) is 9.53 Å². The molecule has 0 aliphatic carbocycles. The maximum atomic E-state index is 10.8. The van der Waals surface area contributed by atoms with Gasteiger partial charge in [0.05, 0.1) is 7.11 Å². The largest absolute Gasteiger partial charge is 0.469 e. The Morgan fingerprint density at radius 1 is 1.05 bits per heavy atom. The van der Waals surface area contributed by atoms with Crippen LogP contribution in [0, 0.1) is 11.8 Å². The molecule has 0 heterocycles. The Labute approximate surface area is 117 Å². The van der Waals surface area contributed by atoms with Gasteiger partial charge in [-0.05, 0) is 37.8 Å². The fourth-order valence-corrected chi connectivity index (χ4v) is 1.32. The first-order chi connectivity index (χ1) is 9.31. The van der Waals surface area contributed by atoms with E-state index in [-0.39, 0.29) is 5.97 Å². The second-order valence-corrected chi connectivity index (χ2v) is 4.09. The number of unbranched alkanes of at least 4 members (excludes halogenated alkanes) is 3. The third kappa shape index (κ3) is 14.2. The first-order valence-corrected chi connectivity index (χ1v) is 6.85. The lowest BCUT2D eigenvalue weighted by atomic mass is 10.2. The molecule has 104 valence electrons. The summed E-state index contributed by atoms with van der Waals surface area (Å²) in [5.74, 6) is 5.76. The lowest BCUT2D eigenvalue weighted by Gasteiger charge is -1.96. The monoisotopic (exact) mass is 260 g/mol. The molecule has 0 atom stereocenters. The van der Waals surface area contributed by atoms with Gasteiger partial charge in [0.2, 0.25) is 0 Å². The molecular weight excluding hydrogens is 236 g/mol. The van der Waals surface area contributed by atoms with Crippen LogP contribution in [0.2, 0.25) is 0 Å². The van der Waals surface area contributed by atoms with E-state index in [0.717, 1.165) is 32.1 Å². The first kappa shape index (κ1) is 17.2. The van der Waals surface area contributed by atoms with Gasteiger partial charge in [-0.1, -0.05) is 49.5 Å². The smallest absolute Gasteiger partial charge is 0.305 e. The molecule has 0 amide bonds. The van der Waals surface area contributed by atoms with Crippen molar-refractivity contribution in [1.82, 2.24) is 0 Å². The summed E-state index contributed by atoms with van der Waals surface area (Å²) in [5.41, 5.74) is 0. The lowest BCUT2D eigenvalue weighted by Crippen LogP contribution is -1.98. The van der Waals surface area contributed by atoms with Gasteiger partial charge in [-0.15, -0.1) is 0 Å². The number of hydrogen-bond acceptors (Lipinski definition) is 2. The molecule has 0 aromatic heterocycles. The van der Waals surface area contributed by atoms with Gasteiger partial charge in [0.15, 0.2) is 0 Å². The van der Waals surface area contributed by atoms with Gasteiger partial charge in [0.25, 0.3) is 0 Å². The van der Waals surface area contributed by atoms with Gasteiger partial charge in [-0.25, -0.2) is 0 Å². The maximum absolute atomic E-state index is 10.8. The van der Waals surface area contributed by atoms with Crippen molar-refractivity contribution in [3.63, 3.8) is 0 Å². The molecule has 0 aliphatic heterocycles. The summed E-state index contributed by atoms with van der Waals surface area (Å²) in [6.07, 6.45) is 17.4. The van der Waals surface area contributed by atoms with Gasteiger partial charge in [-0.2, -0.15) is 0 Å². The molecule has 0 saturated heterocycles. The topological polar surface area (TPSA) is 26.3 Å². The highest BCUT2D eigenvalue weighted by molar-refractivity contribution is 5.68. The van der Waals surface area contributed by atoms with Crippen LogP contribution < -0.4 is 0 Å². The minimum Gasteiger partial charge on any atom is -0.469 e. The van der Waals surface area contributed by atoms with E-state index in [2.05, 4.69) is 35.7 Å². The molecule has 0 N–H and O–H groups in total. The van der Waals surface area contributed by atoms with Crippen LogP contribution >= 0.6 is 0 Å².